The molecule has 1 fully saturated rings. The first-order valence-electron chi connectivity index (χ1n) is 11.4. The van der Waals surface area contributed by atoms with Gasteiger partial charge in [0.25, 0.3) is 0 Å². The number of carbonyl (C=O) groups is 3. The van der Waals surface area contributed by atoms with Gasteiger partial charge in [0.1, 0.15) is 11.5 Å². The van der Waals surface area contributed by atoms with Crippen molar-refractivity contribution in [1.29, 1.82) is 0 Å². The van der Waals surface area contributed by atoms with Crippen LogP contribution in [-0.2, 0) is 22.4 Å². The summed E-state index contributed by atoms with van der Waals surface area (Å²) in [6.07, 6.45) is 5.54. The zero-order valence-electron chi connectivity index (χ0n) is 18.9. The Morgan fingerprint density at radius 2 is 1.84 bits per heavy atom. The quantitative estimate of drug-likeness (QED) is 0.328. The minimum absolute atomic E-state index is 0.0125. The average molecular weight is 445 g/mol. The molecule has 2 N–H and O–H groups in total. The van der Waals surface area contributed by atoms with Crippen molar-refractivity contribution in [2.75, 3.05) is 6.54 Å². The fraction of sp³-hybridized carbons (Fsp3) is 0.625. The fourth-order valence-electron chi connectivity index (χ4n) is 4.44. The Hall–Kier alpha value is -2.77. The van der Waals surface area contributed by atoms with Gasteiger partial charge in [0.2, 0.25) is 0 Å². The van der Waals surface area contributed by atoms with Gasteiger partial charge in [-0.1, -0.05) is 25.4 Å². The number of aliphatic carboxylic acids is 1. The van der Waals surface area contributed by atoms with Gasteiger partial charge in [-0.15, -0.1) is 0 Å². The van der Waals surface area contributed by atoms with Gasteiger partial charge in [-0.05, 0) is 31.1 Å². The van der Waals surface area contributed by atoms with Gasteiger partial charge in [-0.3, -0.25) is 19.4 Å². The predicted octanol–water partition coefficient (Wildman–Crippen LogP) is 4.41. The van der Waals surface area contributed by atoms with E-state index in [1.54, 1.807) is 0 Å². The highest BCUT2D eigenvalue weighted by Crippen LogP contribution is 2.36. The normalized spacial score (nSPS) is 21.0. The molecule has 174 valence electrons. The lowest BCUT2D eigenvalue weighted by atomic mass is 9.76. The van der Waals surface area contributed by atoms with Gasteiger partial charge in [-0.2, -0.15) is 0 Å². The number of allylic oxidation sites excluding steroid dienone is 2. The number of nitrogens with zero attached hydrogens (tertiary/aromatic N) is 2. The Morgan fingerprint density at radius 3 is 2.59 bits per heavy atom. The van der Waals surface area contributed by atoms with Crippen molar-refractivity contribution >= 4 is 23.2 Å². The number of aliphatic hydroxyl groups excluding tert-OH is 1. The van der Waals surface area contributed by atoms with E-state index in [-0.39, 0.29) is 35.6 Å². The van der Waals surface area contributed by atoms with E-state index in [4.69, 9.17) is 9.63 Å². The van der Waals surface area contributed by atoms with Crippen molar-refractivity contribution in [2.24, 2.45) is 10.4 Å². The third-order valence-corrected chi connectivity index (χ3v) is 6.01. The molecule has 8 nitrogen and oxygen atoms in total. The van der Waals surface area contributed by atoms with E-state index in [9.17, 15) is 19.5 Å². The molecule has 0 bridgehead atoms. The largest absolute Gasteiger partial charge is 0.511 e. The number of aryl methyl sites for hydroxylation is 1. The van der Waals surface area contributed by atoms with Crippen LogP contribution in [0.5, 0.6) is 0 Å². The Labute approximate surface area is 187 Å². The van der Waals surface area contributed by atoms with Crippen LogP contribution in [0, 0.1) is 5.41 Å². The molecule has 1 saturated carbocycles. The number of aromatic nitrogens is 1. The van der Waals surface area contributed by atoms with Crippen LogP contribution in [0.15, 0.2) is 20.8 Å². The Balaban J connectivity index is 1.67. The summed E-state index contributed by atoms with van der Waals surface area (Å²) in [4.78, 5) is 40.2. The second kappa shape index (κ2) is 10.2. The molecule has 3 rings (SSSR count). The van der Waals surface area contributed by atoms with Crippen molar-refractivity contribution in [1.82, 2.24) is 5.16 Å². The van der Waals surface area contributed by atoms with Gasteiger partial charge in [0.15, 0.2) is 11.6 Å². The van der Waals surface area contributed by atoms with E-state index in [1.165, 1.54) is 0 Å². The average Bonchev–Trinajstić information content (AvgIpc) is 3.10. The van der Waals surface area contributed by atoms with Crippen LogP contribution < -0.4 is 0 Å². The first-order valence-corrected chi connectivity index (χ1v) is 11.4. The number of hydrogen-bond acceptors (Lipinski definition) is 7. The lowest BCUT2D eigenvalue weighted by molar-refractivity contribution is -0.137. The maximum atomic E-state index is 12.6. The summed E-state index contributed by atoms with van der Waals surface area (Å²) in [7, 11) is 0. The zero-order chi connectivity index (χ0) is 23.3. The SMILES string of the molecule is CC1(C)CC(=O)c2c(CCC(O)=C3C(=O)CCCC3=NCCCCCC(=O)O)noc2C1. The van der Waals surface area contributed by atoms with Gasteiger partial charge in [-0.25, -0.2) is 0 Å². The molecule has 1 heterocycles. The smallest absolute Gasteiger partial charge is 0.303 e. The number of aliphatic imine (C=N–C) groups is 1. The van der Waals surface area contributed by atoms with E-state index >= 15 is 0 Å². The molecule has 0 radical (unpaired) electrons. The summed E-state index contributed by atoms with van der Waals surface area (Å²) >= 11 is 0. The number of hydrogen-bond donors (Lipinski definition) is 2. The highest BCUT2D eigenvalue weighted by molar-refractivity contribution is 6.24. The minimum atomic E-state index is -0.803. The highest BCUT2D eigenvalue weighted by Gasteiger charge is 2.36. The van der Waals surface area contributed by atoms with Crippen LogP contribution in [0.3, 0.4) is 0 Å². The second-order valence-corrected chi connectivity index (χ2v) is 9.50. The van der Waals surface area contributed by atoms with Crippen LogP contribution in [0.1, 0.15) is 93.4 Å². The standard InChI is InChI=1S/C24H32N2O6/c1-24(2)13-19(29)23-16(26-32-20(23)14-24)10-11-18(28)22-15(7-6-8-17(22)27)25-12-5-3-4-9-21(30)31/h28H,3-14H2,1-2H3,(H,30,31). The molecule has 2 aliphatic rings. The lowest BCUT2D eigenvalue weighted by Gasteiger charge is -2.26. The van der Waals surface area contributed by atoms with Crippen LogP contribution >= 0.6 is 0 Å². The maximum absolute atomic E-state index is 12.6. The van der Waals surface area contributed by atoms with Crippen molar-refractivity contribution in [2.45, 2.75) is 84.5 Å². The first kappa shape index (κ1) is 23.9. The number of rotatable bonds is 9. The number of unbranched alkanes of at least 4 members (excludes halogenated alkanes) is 2. The van der Waals surface area contributed by atoms with E-state index in [2.05, 4.69) is 10.1 Å². The molecule has 0 aliphatic heterocycles. The fourth-order valence-corrected chi connectivity index (χ4v) is 4.44. The Morgan fingerprint density at radius 1 is 1.06 bits per heavy atom. The molecule has 0 saturated heterocycles. The molecule has 32 heavy (non-hydrogen) atoms. The van der Waals surface area contributed by atoms with Gasteiger partial charge >= 0.3 is 5.97 Å². The summed E-state index contributed by atoms with van der Waals surface area (Å²) in [5.41, 5.74) is 1.84. The topological polar surface area (TPSA) is 130 Å². The van der Waals surface area contributed by atoms with Crippen LogP contribution in [0.4, 0.5) is 0 Å². The monoisotopic (exact) mass is 444 g/mol. The summed E-state index contributed by atoms with van der Waals surface area (Å²) < 4.78 is 5.42. The van der Waals surface area contributed by atoms with Gasteiger partial charge in [0.05, 0.1) is 16.8 Å². The van der Waals surface area contributed by atoms with Crippen LogP contribution in [0.2, 0.25) is 0 Å². The lowest BCUT2D eigenvalue weighted by Crippen LogP contribution is -2.26. The molecule has 1 aromatic rings. The molecule has 2 aliphatic carbocycles. The zero-order valence-corrected chi connectivity index (χ0v) is 18.9. The third-order valence-electron chi connectivity index (χ3n) is 6.01. The van der Waals surface area contributed by atoms with Crippen LogP contribution in [-0.4, -0.2) is 45.2 Å². The predicted molar refractivity (Wildman–Crippen MR) is 118 cm³/mol. The van der Waals surface area contributed by atoms with E-state index in [0.717, 1.165) is 12.8 Å². The Kier molecular flexibility index (Phi) is 7.64. The summed E-state index contributed by atoms with van der Waals surface area (Å²) in [5, 5.41) is 23.5. The number of aliphatic hydroxyl groups is 1. The molecule has 1 aromatic heterocycles. The summed E-state index contributed by atoms with van der Waals surface area (Å²) in [6.45, 7) is 4.54. The molecule has 8 heteroatoms. The molecule has 0 spiro atoms. The number of Topliss-reactive ketones (excluding diaryl/α,β-unsaturated/α-hetero) is 2. The minimum Gasteiger partial charge on any atom is -0.511 e. The number of carboxylic acids is 1. The third kappa shape index (κ3) is 5.93. The van der Waals surface area contributed by atoms with Gasteiger partial charge in [0, 0.05) is 50.8 Å². The molecular formula is C24H32N2O6. The number of carbonyl (C=O) groups excluding carboxylic acids is 2. The molecule has 0 amide bonds. The van der Waals surface area contributed by atoms with Crippen molar-refractivity contribution in [3.05, 3.63) is 28.3 Å². The molecule has 0 unspecified atom stereocenters. The van der Waals surface area contributed by atoms with Crippen LogP contribution in [0.25, 0.3) is 0 Å². The number of carboxylic acid groups (broad SMARTS) is 1. The molecular weight excluding hydrogens is 412 g/mol. The van der Waals surface area contributed by atoms with Crippen molar-refractivity contribution < 1.29 is 29.1 Å². The van der Waals surface area contributed by atoms with Crippen molar-refractivity contribution in [3.8, 4) is 0 Å². The number of fused-ring (bicyclic) bond motifs is 1. The maximum Gasteiger partial charge on any atom is 0.303 e. The Bertz CT molecular complexity index is 954. The second-order valence-electron chi connectivity index (χ2n) is 9.50. The van der Waals surface area contributed by atoms with E-state index in [0.29, 0.717) is 79.8 Å². The van der Waals surface area contributed by atoms with Crippen molar-refractivity contribution in [3.63, 3.8) is 0 Å². The highest BCUT2D eigenvalue weighted by atomic mass is 16.5. The molecule has 0 aromatic carbocycles. The number of ketones is 2. The van der Waals surface area contributed by atoms with Gasteiger partial charge < -0.3 is 14.7 Å². The van der Waals surface area contributed by atoms with E-state index in [1.807, 2.05) is 13.8 Å². The first-order chi connectivity index (χ1) is 15.2. The summed E-state index contributed by atoms with van der Waals surface area (Å²) in [6, 6.07) is 0. The van der Waals surface area contributed by atoms with E-state index < -0.39 is 5.97 Å². The molecule has 0 atom stereocenters. The summed E-state index contributed by atoms with van der Waals surface area (Å²) in [5.74, 6) is -0.313.